The van der Waals surface area contributed by atoms with Crippen molar-refractivity contribution in [2.75, 3.05) is 18.9 Å². The van der Waals surface area contributed by atoms with Crippen molar-refractivity contribution in [1.29, 1.82) is 0 Å². The van der Waals surface area contributed by atoms with Crippen LogP contribution in [-0.2, 0) is 10.0 Å². The summed E-state index contributed by atoms with van der Waals surface area (Å²) in [6.45, 7) is 3.81. The van der Waals surface area contributed by atoms with Gasteiger partial charge < -0.3 is 14.2 Å². The molecule has 0 spiro atoms. The number of nitrogens with one attached hydrogen (secondary N) is 1. The third kappa shape index (κ3) is 4.32. The molecule has 0 bridgehead atoms. The van der Waals surface area contributed by atoms with E-state index in [1.807, 2.05) is 13.8 Å². The van der Waals surface area contributed by atoms with Crippen LogP contribution in [0.25, 0.3) is 0 Å². The molecule has 1 N–H and O–H groups in total. The molecule has 130 valence electrons. The first-order valence-corrected chi connectivity index (χ1v) is 8.85. The van der Waals surface area contributed by atoms with Crippen molar-refractivity contribution < 1.29 is 22.6 Å². The summed E-state index contributed by atoms with van der Waals surface area (Å²) in [4.78, 5) is 0.147. The molecule has 0 radical (unpaired) electrons. The maximum absolute atomic E-state index is 12.5. The number of sulfonamides is 1. The summed E-state index contributed by atoms with van der Waals surface area (Å²) in [6.07, 6.45) is 0.0253. The Morgan fingerprint density at radius 3 is 2.08 bits per heavy atom. The van der Waals surface area contributed by atoms with Crippen LogP contribution in [0.5, 0.6) is 17.2 Å². The van der Waals surface area contributed by atoms with Crippen LogP contribution in [0, 0.1) is 0 Å². The van der Waals surface area contributed by atoms with E-state index in [2.05, 4.69) is 4.72 Å². The summed E-state index contributed by atoms with van der Waals surface area (Å²) < 4.78 is 43.3. The van der Waals surface area contributed by atoms with E-state index in [0.29, 0.717) is 22.9 Å². The fraction of sp³-hybridized carbons (Fsp3) is 0.294. The summed E-state index contributed by atoms with van der Waals surface area (Å²) >= 11 is 0. The van der Waals surface area contributed by atoms with Crippen molar-refractivity contribution >= 4 is 15.7 Å². The van der Waals surface area contributed by atoms with Gasteiger partial charge in [-0.15, -0.1) is 0 Å². The van der Waals surface area contributed by atoms with Crippen LogP contribution in [0.4, 0.5) is 5.69 Å². The van der Waals surface area contributed by atoms with Crippen molar-refractivity contribution in [1.82, 2.24) is 0 Å². The molecule has 0 aliphatic carbocycles. The zero-order valence-electron chi connectivity index (χ0n) is 14.1. The minimum atomic E-state index is -3.71. The van der Waals surface area contributed by atoms with Gasteiger partial charge in [-0.25, -0.2) is 8.42 Å². The van der Waals surface area contributed by atoms with E-state index in [1.54, 1.807) is 30.3 Å². The number of hydrogen-bond acceptors (Lipinski definition) is 5. The van der Waals surface area contributed by atoms with Crippen LogP contribution in [0.15, 0.2) is 47.4 Å². The largest absolute Gasteiger partial charge is 0.493 e. The van der Waals surface area contributed by atoms with Crippen LogP contribution >= 0.6 is 0 Å². The SMILES string of the molecule is COc1ccc(NS(=O)(=O)c2ccc(OC(C)C)cc2)cc1OC. The predicted molar refractivity (Wildman–Crippen MR) is 92.6 cm³/mol. The van der Waals surface area contributed by atoms with Crippen molar-refractivity contribution in [2.45, 2.75) is 24.8 Å². The zero-order chi connectivity index (χ0) is 17.7. The van der Waals surface area contributed by atoms with E-state index in [0.717, 1.165) is 0 Å². The molecule has 2 rings (SSSR count). The van der Waals surface area contributed by atoms with E-state index in [-0.39, 0.29) is 11.0 Å². The van der Waals surface area contributed by atoms with E-state index in [4.69, 9.17) is 14.2 Å². The van der Waals surface area contributed by atoms with Gasteiger partial charge in [-0.3, -0.25) is 4.72 Å². The maximum Gasteiger partial charge on any atom is 0.261 e. The molecule has 24 heavy (non-hydrogen) atoms. The molecule has 0 atom stereocenters. The van der Waals surface area contributed by atoms with Crippen molar-refractivity contribution in [3.8, 4) is 17.2 Å². The Hall–Kier alpha value is -2.41. The van der Waals surface area contributed by atoms with Crippen LogP contribution in [-0.4, -0.2) is 28.7 Å². The highest BCUT2D eigenvalue weighted by Gasteiger charge is 2.15. The number of rotatable bonds is 7. The molecule has 2 aromatic carbocycles. The fourth-order valence-corrected chi connectivity index (χ4v) is 3.13. The fourth-order valence-electron chi connectivity index (χ4n) is 2.08. The Bertz CT molecular complexity index is 785. The highest BCUT2D eigenvalue weighted by molar-refractivity contribution is 7.92. The van der Waals surface area contributed by atoms with E-state index < -0.39 is 10.0 Å². The Kier molecular flexibility index (Phi) is 5.56. The Balaban J connectivity index is 2.22. The molecule has 7 heteroatoms. The van der Waals surface area contributed by atoms with Crippen molar-refractivity contribution in [3.05, 3.63) is 42.5 Å². The first-order valence-electron chi connectivity index (χ1n) is 7.37. The molecule has 0 saturated carbocycles. The number of ether oxygens (including phenoxy) is 3. The monoisotopic (exact) mass is 351 g/mol. The first kappa shape index (κ1) is 17.9. The second kappa shape index (κ2) is 7.44. The average molecular weight is 351 g/mol. The topological polar surface area (TPSA) is 73.9 Å². The van der Waals surface area contributed by atoms with Crippen LogP contribution in [0.1, 0.15) is 13.8 Å². The van der Waals surface area contributed by atoms with Gasteiger partial charge in [0.15, 0.2) is 11.5 Å². The van der Waals surface area contributed by atoms with Crippen LogP contribution in [0.3, 0.4) is 0 Å². The summed E-state index contributed by atoms with van der Waals surface area (Å²) in [5.74, 6) is 1.59. The van der Waals surface area contributed by atoms with Gasteiger partial charge in [-0.2, -0.15) is 0 Å². The molecule has 0 amide bonds. The normalized spacial score (nSPS) is 11.2. The number of anilines is 1. The van der Waals surface area contributed by atoms with Gasteiger partial charge in [0.1, 0.15) is 5.75 Å². The van der Waals surface area contributed by atoms with Gasteiger partial charge >= 0.3 is 0 Å². The van der Waals surface area contributed by atoms with Gasteiger partial charge in [-0.1, -0.05) is 0 Å². The van der Waals surface area contributed by atoms with E-state index in [1.165, 1.54) is 26.4 Å². The van der Waals surface area contributed by atoms with Crippen LogP contribution < -0.4 is 18.9 Å². The van der Waals surface area contributed by atoms with Gasteiger partial charge in [-0.05, 0) is 50.2 Å². The molecular formula is C17H21NO5S. The minimum absolute atomic E-state index is 0.0253. The summed E-state index contributed by atoms with van der Waals surface area (Å²) in [6, 6.07) is 11.1. The lowest BCUT2D eigenvalue weighted by Gasteiger charge is -2.13. The number of methoxy groups -OCH3 is 2. The second-order valence-corrected chi connectivity index (χ2v) is 7.00. The smallest absolute Gasteiger partial charge is 0.261 e. The lowest BCUT2D eigenvalue weighted by molar-refractivity contribution is 0.242. The molecule has 0 saturated heterocycles. The summed E-state index contributed by atoms with van der Waals surface area (Å²) in [5, 5.41) is 0. The van der Waals surface area contributed by atoms with Crippen LogP contribution in [0.2, 0.25) is 0 Å². The lowest BCUT2D eigenvalue weighted by atomic mass is 10.3. The third-order valence-corrected chi connectivity index (χ3v) is 4.54. The van der Waals surface area contributed by atoms with E-state index in [9.17, 15) is 8.42 Å². The Morgan fingerprint density at radius 2 is 1.54 bits per heavy atom. The molecule has 2 aromatic rings. The van der Waals surface area contributed by atoms with Gasteiger partial charge in [0.25, 0.3) is 10.0 Å². The third-order valence-electron chi connectivity index (χ3n) is 3.14. The van der Waals surface area contributed by atoms with Gasteiger partial charge in [0.2, 0.25) is 0 Å². The Morgan fingerprint density at radius 1 is 0.917 bits per heavy atom. The second-order valence-electron chi connectivity index (χ2n) is 5.31. The lowest BCUT2D eigenvalue weighted by Crippen LogP contribution is -2.13. The van der Waals surface area contributed by atoms with E-state index >= 15 is 0 Å². The highest BCUT2D eigenvalue weighted by atomic mass is 32.2. The maximum atomic E-state index is 12.5. The first-order chi connectivity index (χ1) is 11.4. The molecule has 0 aliphatic heterocycles. The molecule has 0 unspecified atom stereocenters. The molecule has 0 aliphatic rings. The standard InChI is InChI=1S/C17H21NO5S/c1-12(2)23-14-6-8-15(9-7-14)24(19,20)18-13-5-10-16(21-3)17(11-13)22-4/h5-12,18H,1-4H3. The highest BCUT2D eigenvalue weighted by Crippen LogP contribution is 2.30. The molecule has 0 aromatic heterocycles. The number of benzene rings is 2. The average Bonchev–Trinajstić information content (AvgIpc) is 2.54. The predicted octanol–water partition coefficient (Wildman–Crippen LogP) is 3.29. The molecule has 0 fully saturated rings. The quantitative estimate of drug-likeness (QED) is 0.828. The summed E-state index contributed by atoms with van der Waals surface area (Å²) in [5.41, 5.74) is 0.384. The van der Waals surface area contributed by atoms with Crippen molar-refractivity contribution in [2.24, 2.45) is 0 Å². The van der Waals surface area contributed by atoms with Crippen molar-refractivity contribution in [3.63, 3.8) is 0 Å². The van der Waals surface area contributed by atoms with Gasteiger partial charge in [0.05, 0.1) is 30.9 Å². The molecular weight excluding hydrogens is 330 g/mol. The minimum Gasteiger partial charge on any atom is -0.493 e. The summed E-state index contributed by atoms with van der Waals surface area (Å²) in [7, 11) is -0.699. The zero-order valence-corrected chi connectivity index (χ0v) is 14.9. The van der Waals surface area contributed by atoms with Gasteiger partial charge in [0, 0.05) is 6.07 Å². The Labute approximate surface area is 142 Å². The molecule has 0 heterocycles. The molecule has 6 nitrogen and oxygen atoms in total. The number of hydrogen-bond donors (Lipinski definition) is 1.